The minimum absolute atomic E-state index is 0.0155. The molecule has 0 saturated carbocycles. The molecule has 1 saturated heterocycles. The Kier molecular flexibility index (Phi) is 6.24. The fraction of sp³-hybridized carbons (Fsp3) is 0.600. The van der Waals surface area contributed by atoms with E-state index in [4.69, 9.17) is 4.74 Å². The highest BCUT2D eigenvalue weighted by Gasteiger charge is 2.36. The molecule has 9 heteroatoms. The second-order valence-corrected chi connectivity index (χ2v) is 10.6. The van der Waals surface area contributed by atoms with Crippen LogP contribution in [0, 0.1) is 17.2 Å². The van der Waals surface area contributed by atoms with Gasteiger partial charge in [-0.1, -0.05) is 11.8 Å². The molecule has 1 aromatic heterocycles. The summed E-state index contributed by atoms with van der Waals surface area (Å²) in [4.78, 5) is 40.5. The molecule has 0 radical (unpaired) electrons. The highest BCUT2D eigenvalue weighted by atomic mass is 32.2. The fourth-order valence-electron chi connectivity index (χ4n) is 3.50. The molecule has 1 aromatic rings. The van der Waals surface area contributed by atoms with Crippen LogP contribution in [0.25, 0.3) is 0 Å². The van der Waals surface area contributed by atoms with E-state index in [1.54, 1.807) is 9.80 Å². The quantitative estimate of drug-likeness (QED) is 0.721. The van der Waals surface area contributed by atoms with E-state index >= 15 is 0 Å². The normalized spacial score (nSPS) is 19.1. The number of nitriles is 1. The van der Waals surface area contributed by atoms with Gasteiger partial charge in [-0.25, -0.2) is 4.79 Å². The van der Waals surface area contributed by atoms with Gasteiger partial charge in [-0.15, -0.1) is 11.3 Å². The number of rotatable bonds is 3. The first kappa shape index (κ1) is 21.7. The number of nitrogens with zero attached hydrogens (tertiary/aromatic N) is 3. The Morgan fingerprint density at radius 3 is 2.72 bits per heavy atom. The van der Waals surface area contributed by atoms with Gasteiger partial charge in [-0.2, -0.15) is 5.26 Å². The number of thioether (sulfide) groups is 1. The molecule has 1 unspecified atom stereocenters. The molecule has 2 aliphatic rings. The summed E-state index contributed by atoms with van der Waals surface area (Å²) in [6.45, 7) is 8.40. The monoisotopic (exact) mass is 435 g/mol. The van der Waals surface area contributed by atoms with Crippen molar-refractivity contribution < 1.29 is 19.1 Å². The van der Waals surface area contributed by atoms with Crippen molar-refractivity contribution in [3.05, 3.63) is 16.0 Å². The molecule has 2 amide bonds. The van der Waals surface area contributed by atoms with Gasteiger partial charge in [0.1, 0.15) is 16.7 Å². The van der Waals surface area contributed by atoms with Gasteiger partial charge < -0.3 is 14.5 Å². The fourth-order valence-corrected chi connectivity index (χ4v) is 5.53. The zero-order chi connectivity index (χ0) is 21.3. The lowest BCUT2D eigenvalue weighted by molar-refractivity contribution is -0.117. The predicted molar refractivity (Wildman–Crippen MR) is 113 cm³/mol. The first-order chi connectivity index (χ1) is 13.6. The van der Waals surface area contributed by atoms with Gasteiger partial charge in [0.05, 0.1) is 12.1 Å². The number of anilines is 1. The largest absolute Gasteiger partial charge is 0.444 e. The van der Waals surface area contributed by atoms with E-state index < -0.39 is 5.60 Å². The molecule has 156 valence electrons. The zero-order valence-corrected chi connectivity index (χ0v) is 18.7. The first-order valence-corrected chi connectivity index (χ1v) is 11.4. The Hall–Kier alpha value is -2.05. The highest BCUT2D eigenvalue weighted by Crippen LogP contribution is 2.41. The van der Waals surface area contributed by atoms with E-state index in [2.05, 4.69) is 6.07 Å². The molecule has 29 heavy (non-hydrogen) atoms. The van der Waals surface area contributed by atoms with Gasteiger partial charge in [0.15, 0.2) is 5.12 Å². The molecule has 1 fully saturated rings. The van der Waals surface area contributed by atoms with Gasteiger partial charge in [-0.3, -0.25) is 9.59 Å². The van der Waals surface area contributed by atoms with Gasteiger partial charge >= 0.3 is 6.09 Å². The Balaban J connectivity index is 1.78. The van der Waals surface area contributed by atoms with E-state index in [0.717, 1.165) is 10.4 Å². The van der Waals surface area contributed by atoms with Crippen LogP contribution in [0.5, 0.6) is 0 Å². The number of hydrogen-bond acceptors (Lipinski definition) is 7. The minimum atomic E-state index is -0.565. The van der Waals surface area contributed by atoms with Crippen molar-refractivity contribution in [2.24, 2.45) is 5.92 Å². The van der Waals surface area contributed by atoms with Crippen LogP contribution in [0.1, 0.15) is 50.1 Å². The molecular formula is C20H25N3O4S2. The molecule has 0 N–H and O–H groups in total. The number of thiophene rings is 1. The van der Waals surface area contributed by atoms with E-state index in [9.17, 15) is 19.6 Å². The molecule has 2 aliphatic heterocycles. The molecular weight excluding hydrogens is 410 g/mol. The average Bonchev–Trinajstić information content (AvgIpc) is 3.17. The maximum absolute atomic E-state index is 12.6. The van der Waals surface area contributed by atoms with E-state index in [0.29, 0.717) is 48.8 Å². The maximum Gasteiger partial charge on any atom is 0.410 e. The Bertz CT molecular complexity index is 882. The van der Waals surface area contributed by atoms with Crippen molar-refractivity contribution in [2.75, 3.05) is 23.7 Å². The number of carbonyl (C=O) groups excluding carboxylic acids is 3. The first-order valence-electron chi connectivity index (χ1n) is 9.55. The molecule has 3 rings (SSSR count). The van der Waals surface area contributed by atoms with Crippen molar-refractivity contribution in [1.29, 1.82) is 5.26 Å². The Morgan fingerprint density at radius 2 is 2.10 bits per heavy atom. The third-order valence-electron chi connectivity index (χ3n) is 4.77. The molecule has 0 aliphatic carbocycles. The summed E-state index contributed by atoms with van der Waals surface area (Å²) in [6, 6.07) is 2.27. The maximum atomic E-state index is 12.6. The number of carbonyl (C=O) groups is 3. The lowest BCUT2D eigenvalue weighted by Gasteiger charge is -2.29. The van der Waals surface area contributed by atoms with E-state index in [1.807, 2.05) is 20.8 Å². The molecule has 0 spiro atoms. The summed E-state index contributed by atoms with van der Waals surface area (Å²) in [5.41, 5.74) is 0.911. The van der Waals surface area contributed by atoms with Gasteiger partial charge in [0, 0.05) is 37.1 Å². The zero-order valence-electron chi connectivity index (χ0n) is 17.1. The number of ether oxygens (including phenoxy) is 1. The van der Waals surface area contributed by atoms with Crippen LogP contribution in [0.3, 0.4) is 0 Å². The minimum Gasteiger partial charge on any atom is -0.444 e. The smallest absolute Gasteiger partial charge is 0.410 e. The van der Waals surface area contributed by atoms with Gasteiger partial charge in [0.25, 0.3) is 0 Å². The summed E-state index contributed by atoms with van der Waals surface area (Å²) < 4.78 is 5.46. The van der Waals surface area contributed by atoms with Crippen molar-refractivity contribution in [1.82, 2.24) is 4.90 Å². The van der Waals surface area contributed by atoms with Crippen LogP contribution < -0.4 is 4.90 Å². The third kappa shape index (κ3) is 4.93. The van der Waals surface area contributed by atoms with Crippen molar-refractivity contribution in [3.63, 3.8) is 0 Å². The van der Waals surface area contributed by atoms with Crippen molar-refractivity contribution in [2.45, 2.75) is 52.7 Å². The second-order valence-electron chi connectivity index (χ2n) is 8.32. The summed E-state index contributed by atoms with van der Waals surface area (Å²) in [5.74, 6) is 0.690. The topological polar surface area (TPSA) is 90.7 Å². The second kappa shape index (κ2) is 8.36. The molecule has 0 bridgehead atoms. The van der Waals surface area contributed by atoms with Crippen LogP contribution in [-0.2, 0) is 27.3 Å². The van der Waals surface area contributed by atoms with E-state index in [1.165, 1.54) is 30.0 Å². The molecule has 3 heterocycles. The number of hydrogen-bond donors (Lipinski definition) is 0. The van der Waals surface area contributed by atoms with Crippen molar-refractivity contribution in [3.8, 4) is 6.07 Å². The molecule has 7 nitrogen and oxygen atoms in total. The lowest BCUT2D eigenvalue weighted by atomic mass is 10.0. The highest BCUT2D eigenvalue weighted by molar-refractivity contribution is 8.13. The van der Waals surface area contributed by atoms with E-state index in [-0.39, 0.29) is 23.0 Å². The summed E-state index contributed by atoms with van der Waals surface area (Å²) in [6.07, 6.45) is 0.590. The van der Waals surface area contributed by atoms with Crippen LogP contribution in [-0.4, -0.2) is 46.5 Å². The molecule has 0 aromatic carbocycles. The van der Waals surface area contributed by atoms with Crippen LogP contribution in [0.2, 0.25) is 0 Å². The molecule has 1 atom stereocenters. The SMILES string of the molecule is CC(=O)SCC1CC(=O)N(c2sc3c(c2C#N)CCN(C(=O)OC(C)(C)C)C3)C1. The average molecular weight is 436 g/mol. The lowest BCUT2D eigenvalue weighted by Crippen LogP contribution is -2.39. The summed E-state index contributed by atoms with van der Waals surface area (Å²) in [5, 5.41) is 10.5. The summed E-state index contributed by atoms with van der Waals surface area (Å²) in [7, 11) is 0. The number of fused-ring (bicyclic) bond motifs is 1. The third-order valence-corrected chi connectivity index (χ3v) is 7.06. The van der Waals surface area contributed by atoms with Crippen molar-refractivity contribution >= 4 is 45.2 Å². The van der Waals surface area contributed by atoms with Crippen LogP contribution in [0.15, 0.2) is 0 Å². The number of amides is 2. The predicted octanol–water partition coefficient (Wildman–Crippen LogP) is 3.55. The summed E-state index contributed by atoms with van der Waals surface area (Å²) >= 11 is 2.65. The van der Waals surface area contributed by atoms with Crippen LogP contribution in [0.4, 0.5) is 9.80 Å². The van der Waals surface area contributed by atoms with Crippen LogP contribution >= 0.6 is 23.1 Å². The standard InChI is InChI=1S/C20H25N3O4S2/c1-12(24)28-11-13-7-17(25)23(9-13)18-15(8-21)14-5-6-22(10-16(14)29-18)19(26)27-20(2,3)4/h13H,5-7,9-11H2,1-4H3. The Labute approximate surface area is 179 Å². The van der Waals surface area contributed by atoms with Gasteiger partial charge in [-0.05, 0) is 38.7 Å². The Morgan fingerprint density at radius 1 is 1.38 bits per heavy atom. The van der Waals surface area contributed by atoms with Gasteiger partial charge in [0.2, 0.25) is 5.91 Å².